The summed E-state index contributed by atoms with van der Waals surface area (Å²) in [5, 5.41) is 13.1. The SMILES string of the molecule is Cc1cc(COc2ccc([C@H](C)O)cc2F)no1. The summed E-state index contributed by atoms with van der Waals surface area (Å²) in [4.78, 5) is 0. The van der Waals surface area contributed by atoms with Gasteiger partial charge in [-0.25, -0.2) is 4.39 Å². The van der Waals surface area contributed by atoms with Crippen molar-refractivity contribution >= 4 is 0 Å². The first-order valence-electron chi connectivity index (χ1n) is 5.59. The average molecular weight is 251 g/mol. The molecule has 0 saturated heterocycles. The van der Waals surface area contributed by atoms with E-state index >= 15 is 0 Å². The quantitative estimate of drug-likeness (QED) is 0.907. The Labute approximate surface area is 104 Å². The molecule has 2 aromatic rings. The third-order valence-corrected chi connectivity index (χ3v) is 2.49. The van der Waals surface area contributed by atoms with Gasteiger partial charge in [-0.1, -0.05) is 11.2 Å². The van der Waals surface area contributed by atoms with Crippen molar-refractivity contribution in [3.63, 3.8) is 0 Å². The number of aromatic nitrogens is 1. The highest BCUT2D eigenvalue weighted by molar-refractivity contribution is 5.30. The molecule has 0 aliphatic heterocycles. The van der Waals surface area contributed by atoms with Gasteiger partial charge in [-0.15, -0.1) is 0 Å². The predicted octanol–water partition coefficient (Wildman–Crippen LogP) is 2.75. The van der Waals surface area contributed by atoms with Gasteiger partial charge in [0, 0.05) is 6.07 Å². The van der Waals surface area contributed by atoms with E-state index in [-0.39, 0.29) is 12.4 Å². The fraction of sp³-hybridized carbons (Fsp3) is 0.308. The molecule has 0 saturated carbocycles. The van der Waals surface area contributed by atoms with E-state index in [0.717, 1.165) is 0 Å². The number of hydrogen-bond donors (Lipinski definition) is 1. The van der Waals surface area contributed by atoms with Gasteiger partial charge in [0.25, 0.3) is 0 Å². The molecule has 0 radical (unpaired) electrons. The molecule has 0 unspecified atom stereocenters. The van der Waals surface area contributed by atoms with E-state index in [2.05, 4.69) is 5.16 Å². The van der Waals surface area contributed by atoms with Crippen LogP contribution in [0.4, 0.5) is 4.39 Å². The van der Waals surface area contributed by atoms with Gasteiger partial charge in [0.2, 0.25) is 0 Å². The lowest BCUT2D eigenvalue weighted by Gasteiger charge is -2.08. The molecule has 5 heteroatoms. The van der Waals surface area contributed by atoms with Crippen LogP contribution in [0.2, 0.25) is 0 Å². The summed E-state index contributed by atoms with van der Waals surface area (Å²) in [6.07, 6.45) is -0.702. The minimum Gasteiger partial charge on any atom is -0.484 e. The van der Waals surface area contributed by atoms with Crippen LogP contribution in [0.15, 0.2) is 28.8 Å². The molecule has 0 aliphatic carbocycles. The third kappa shape index (κ3) is 2.87. The second-order valence-electron chi connectivity index (χ2n) is 4.08. The number of benzene rings is 1. The number of rotatable bonds is 4. The maximum atomic E-state index is 13.6. The van der Waals surface area contributed by atoms with Crippen LogP contribution in [0.1, 0.15) is 30.0 Å². The summed E-state index contributed by atoms with van der Waals surface area (Å²) < 4.78 is 23.8. The Balaban J connectivity index is 2.05. The summed E-state index contributed by atoms with van der Waals surface area (Å²) in [5.41, 5.74) is 1.11. The van der Waals surface area contributed by atoms with Crippen molar-refractivity contribution in [2.75, 3.05) is 0 Å². The second-order valence-corrected chi connectivity index (χ2v) is 4.08. The average Bonchev–Trinajstić information content (AvgIpc) is 2.73. The predicted molar refractivity (Wildman–Crippen MR) is 62.6 cm³/mol. The molecule has 1 heterocycles. The first-order valence-corrected chi connectivity index (χ1v) is 5.59. The molecule has 1 atom stereocenters. The van der Waals surface area contributed by atoms with E-state index in [1.54, 1.807) is 26.0 Å². The van der Waals surface area contributed by atoms with Crippen molar-refractivity contribution in [2.45, 2.75) is 26.6 Å². The fourth-order valence-corrected chi connectivity index (χ4v) is 1.53. The minimum absolute atomic E-state index is 0.125. The summed E-state index contributed by atoms with van der Waals surface area (Å²) in [6.45, 7) is 3.49. The number of aliphatic hydroxyl groups excluding tert-OH is 1. The van der Waals surface area contributed by atoms with Gasteiger partial charge in [-0.2, -0.15) is 0 Å². The highest BCUT2D eigenvalue weighted by Crippen LogP contribution is 2.22. The number of ether oxygens (including phenoxy) is 1. The van der Waals surface area contributed by atoms with Crippen LogP contribution in [0.3, 0.4) is 0 Å². The fourth-order valence-electron chi connectivity index (χ4n) is 1.53. The van der Waals surface area contributed by atoms with Gasteiger partial charge < -0.3 is 14.4 Å². The first-order chi connectivity index (χ1) is 8.56. The summed E-state index contributed by atoms with van der Waals surface area (Å²) in [7, 11) is 0. The van der Waals surface area contributed by atoms with Gasteiger partial charge in [-0.3, -0.25) is 0 Å². The molecular weight excluding hydrogens is 237 g/mol. The van der Waals surface area contributed by atoms with E-state index in [1.165, 1.54) is 12.1 Å². The Kier molecular flexibility index (Phi) is 3.62. The van der Waals surface area contributed by atoms with Crippen LogP contribution in [0.25, 0.3) is 0 Å². The molecule has 4 nitrogen and oxygen atoms in total. The van der Waals surface area contributed by atoms with Crippen LogP contribution in [-0.4, -0.2) is 10.3 Å². The van der Waals surface area contributed by atoms with Crippen LogP contribution in [-0.2, 0) is 6.61 Å². The summed E-state index contributed by atoms with van der Waals surface area (Å²) >= 11 is 0. The van der Waals surface area contributed by atoms with Gasteiger partial charge in [0.05, 0.1) is 6.10 Å². The molecule has 0 spiro atoms. The van der Waals surface area contributed by atoms with Crippen LogP contribution >= 0.6 is 0 Å². The maximum Gasteiger partial charge on any atom is 0.165 e. The highest BCUT2D eigenvalue weighted by Gasteiger charge is 2.09. The second kappa shape index (κ2) is 5.18. The largest absolute Gasteiger partial charge is 0.484 e. The standard InChI is InChI=1S/C13H14FNO3/c1-8-5-11(15-18-8)7-17-13-4-3-10(9(2)16)6-12(13)14/h3-6,9,16H,7H2,1-2H3/t9-/m0/s1. The molecule has 1 aromatic carbocycles. The Morgan fingerprint density at radius 1 is 1.44 bits per heavy atom. The zero-order valence-corrected chi connectivity index (χ0v) is 10.2. The molecule has 1 N–H and O–H groups in total. The lowest BCUT2D eigenvalue weighted by atomic mass is 10.1. The van der Waals surface area contributed by atoms with E-state index in [4.69, 9.17) is 9.26 Å². The van der Waals surface area contributed by atoms with Crippen molar-refractivity contribution < 1.29 is 18.8 Å². The Bertz CT molecular complexity index is 537. The molecule has 0 amide bonds. The van der Waals surface area contributed by atoms with E-state index in [0.29, 0.717) is 17.0 Å². The lowest BCUT2D eigenvalue weighted by molar-refractivity contribution is 0.198. The van der Waals surface area contributed by atoms with E-state index in [9.17, 15) is 9.50 Å². The Hall–Kier alpha value is -1.88. The number of aliphatic hydroxyl groups is 1. The summed E-state index contributed by atoms with van der Waals surface area (Å²) in [6, 6.07) is 6.09. The number of nitrogens with zero attached hydrogens (tertiary/aromatic N) is 1. The maximum absolute atomic E-state index is 13.6. The zero-order valence-electron chi connectivity index (χ0n) is 10.2. The first kappa shape index (κ1) is 12.6. The number of aryl methyl sites for hydroxylation is 1. The molecule has 18 heavy (non-hydrogen) atoms. The number of halogens is 1. The topological polar surface area (TPSA) is 55.5 Å². The molecule has 96 valence electrons. The minimum atomic E-state index is -0.702. The summed E-state index contributed by atoms with van der Waals surface area (Å²) in [5.74, 6) is 0.298. The highest BCUT2D eigenvalue weighted by atomic mass is 19.1. The van der Waals surface area contributed by atoms with Crippen LogP contribution < -0.4 is 4.74 Å². The monoisotopic (exact) mass is 251 g/mol. The molecule has 1 aromatic heterocycles. The smallest absolute Gasteiger partial charge is 0.165 e. The van der Waals surface area contributed by atoms with Gasteiger partial charge in [0.15, 0.2) is 11.6 Å². The number of hydrogen-bond acceptors (Lipinski definition) is 4. The zero-order chi connectivity index (χ0) is 13.1. The molecule has 2 rings (SSSR count). The van der Waals surface area contributed by atoms with Crippen molar-refractivity contribution in [2.24, 2.45) is 0 Å². The van der Waals surface area contributed by atoms with Crippen molar-refractivity contribution in [3.8, 4) is 5.75 Å². The third-order valence-electron chi connectivity index (χ3n) is 2.49. The molecular formula is C13H14FNO3. The van der Waals surface area contributed by atoms with Crippen molar-refractivity contribution in [1.82, 2.24) is 5.16 Å². The van der Waals surface area contributed by atoms with Crippen LogP contribution in [0, 0.1) is 12.7 Å². The Morgan fingerprint density at radius 3 is 2.78 bits per heavy atom. The van der Waals surface area contributed by atoms with Gasteiger partial charge >= 0.3 is 0 Å². The molecule has 0 aliphatic rings. The van der Waals surface area contributed by atoms with E-state index in [1.807, 2.05) is 0 Å². The molecule has 0 fully saturated rings. The Morgan fingerprint density at radius 2 is 2.22 bits per heavy atom. The van der Waals surface area contributed by atoms with Crippen LogP contribution in [0.5, 0.6) is 5.75 Å². The van der Waals surface area contributed by atoms with Crippen molar-refractivity contribution in [1.29, 1.82) is 0 Å². The van der Waals surface area contributed by atoms with E-state index < -0.39 is 11.9 Å². The molecule has 0 bridgehead atoms. The van der Waals surface area contributed by atoms with Gasteiger partial charge in [-0.05, 0) is 31.5 Å². The van der Waals surface area contributed by atoms with Gasteiger partial charge in [0.1, 0.15) is 18.1 Å². The lowest BCUT2D eigenvalue weighted by Crippen LogP contribution is -1.99. The normalized spacial score (nSPS) is 12.4. The van der Waals surface area contributed by atoms with Crippen molar-refractivity contribution in [3.05, 3.63) is 47.1 Å².